The molecule has 7 heteroatoms. The molecule has 42 heavy (non-hydrogen) atoms. The zero-order valence-corrected chi connectivity index (χ0v) is 23.7. The standard InChI is InChI=1S/C35H34FN5O/c1-2-22-6-3-7-23-16-27(42)18-28(31(22)23)33-32(36)34-29(19-37-33)30(40-20-25-8-9-26(21-40)38-25)17-24(39-34)10-13-35-11-4-14-41(35)15-5-12-35/h2-3,6-7,16-19,25-26,38,42H,1,4-5,8-9,11-12,14-15,20-21H2. The Kier molecular flexibility index (Phi) is 5.99. The maximum absolute atomic E-state index is 16.8. The first-order chi connectivity index (χ1) is 20.5. The van der Waals surface area contributed by atoms with Gasteiger partial charge in [0, 0.05) is 42.3 Å². The Morgan fingerprint density at radius 2 is 1.88 bits per heavy atom. The molecule has 2 bridgehead atoms. The number of hydrogen-bond acceptors (Lipinski definition) is 6. The number of halogens is 1. The third kappa shape index (κ3) is 4.08. The predicted octanol–water partition coefficient (Wildman–Crippen LogP) is 5.86. The van der Waals surface area contributed by atoms with Gasteiger partial charge in [-0.05, 0) is 92.1 Å². The number of aromatic hydroxyl groups is 1. The number of nitrogens with one attached hydrogen (secondary N) is 1. The van der Waals surface area contributed by atoms with Crippen LogP contribution in [0.25, 0.3) is 39.0 Å². The van der Waals surface area contributed by atoms with Crippen molar-refractivity contribution in [2.24, 2.45) is 0 Å². The van der Waals surface area contributed by atoms with Gasteiger partial charge in [-0.1, -0.05) is 36.8 Å². The van der Waals surface area contributed by atoms with Crippen LogP contribution in [0.2, 0.25) is 0 Å². The molecule has 6 heterocycles. The summed E-state index contributed by atoms with van der Waals surface area (Å²) in [7, 11) is 0. The Bertz CT molecular complexity index is 1800. The third-order valence-corrected chi connectivity index (χ3v) is 9.87. The fraction of sp³-hybridized carbons (Fsp3) is 0.371. The van der Waals surface area contributed by atoms with Crippen molar-refractivity contribution in [3.63, 3.8) is 0 Å². The van der Waals surface area contributed by atoms with E-state index in [-0.39, 0.29) is 22.5 Å². The average molecular weight is 560 g/mol. The molecule has 0 radical (unpaired) electrons. The molecule has 0 amide bonds. The Morgan fingerprint density at radius 3 is 2.64 bits per heavy atom. The van der Waals surface area contributed by atoms with Gasteiger partial charge in [0.15, 0.2) is 5.82 Å². The summed E-state index contributed by atoms with van der Waals surface area (Å²) in [6, 6.07) is 11.9. The minimum Gasteiger partial charge on any atom is -0.508 e. The van der Waals surface area contributed by atoms with Crippen LogP contribution in [0.15, 0.2) is 49.2 Å². The number of aromatic nitrogens is 2. The van der Waals surface area contributed by atoms with E-state index in [2.05, 4.69) is 38.5 Å². The summed E-state index contributed by atoms with van der Waals surface area (Å²) in [5.41, 5.74) is 3.27. The fourth-order valence-electron chi connectivity index (χ4n) is 7.93. The minimum absolute atomic E-state index is 0.0569. The zero-order valence-electron chi connectivity index (χ0n) is 23.7. The van der Waals surface area contributed by atoms with Crippen molar-refractivity contribution in [3.05, 3.63) is 66.2 Å². The van der Waals surface area contributed by atoms with Crippen molar-refractivity contribution >= 4 is 33.4 Å². The molecule has 4 aliphatic heterocycles. The van der Waals surface area contributed by atoms with Gasteiger partial charge in [0.2, 0.25) is 0 Å². The number of hydrogen-bond donors (Lipinski definition) is 2. The summed E-state index contributed by atoms with van der Waals surface area (Å²) >= 11 is 0. The second-order valence-corrected chi connectivity index (χ2v) is 12.4. The van der Waals surface area contributed by atoms with E-state index in [0.29, 0.717) is 28.7 Å². The lowest BCUT2D eigenvalue weighted by atomic mass is 9.94. The summed E-state index contributed by atoms with van der Waals surface area (Å²) < 4.78 is 16.8. The van der Waals surface area contributed by atoms with E-state index in [1.54, 1.807) is 24.4 Å². The highest BCUT2D eigenvalue weighted by Crippen LogP contribution is 2.40. The molecule has 4 aromatic rings. The molecule has 8 rings (SSSR count). The lowest BCUT2D eigenvalue weighted by Gasteiger charge is -2.35. The molecule has 2 unspecified atom stereocenters. The second-order valence-electron chi connectivity index (χ2n) is 12.4. The second kappa shape index (κ2) is 9.79. The largest absolute Gasteiger partial charge is 0.508 e. The van der Waals surface area contributed by atoms with E-state index in [9.17, 15) is 5.11 Å². The number of nitrogens with zero attached hydrogens (tertiary/aromatic N) is 4. The molecule has 212 valence electrons. The number of fused-ring (bicyclic) bond motifs is 5. The summed E-state index contributed by atoms with van der Waals surface area (Å²) in [4.78, 5) is 14.4. The molecule has 4 saturated heterocycles. The Labute approximate surface area is 245 Å². The first-order valence-electron chi connectivity index (χ1n) is 15.2. The van der Waals surface area contributed by atoms with Crippen LogP contribution < -0.4 is 10.2 Å². The van der Waals surface area contributed by atoms with Crippen LogP contribution in [-0.4, -0.2) is 63.8 Å². The zero-order chi connectivity index (χ0) is 28.4. The normalized spacial score (nSPS) is 22.8. The number of piperazine rings is 1. The van der Waals surface area contributed by atoms with Crippen molar-refractivity contribution in [2.45, 2.75) is 56.1 Å². The van der Waals surface area contributed by atoms with Crippen LogP contribution >= 0.6 is 0 Å². The quantitative estimate of drug-likeness (QED) is 0.307. The average Bonchev–Trinajstić information content (AvgIpc) is 3.68. The molecule has 2 aromatic carbocycles. The Hall–Kier alpha value is -3.99. The molecule has 2 N–H and O–H groups in total. The van der Waals surface area contributed by atoms with E-state index in [1.165, 1.54) is 12.8 Å². The Balaban J connectivity index is 1.33. The van der Waals surface area contributed by atoms with Crippen molar-refractivity contribution in [2.75, 3.05) is 31.1 Å². The van der Waals surface area contributed by atoms with Gasteiger partial charge in [-0.2, -0.15) is 0 Å². The SMILES string of the molecule is C=Cc1cccc2cc(O)cc(-c3ncc4c(N5CC6CCC(C5)N6)cc(C#CC56CCCN5CCC6)nc4c3F)c12. The monoisotopic (exact) mass is 559 g/mol. The van der Waals surface area contributed by atoms with Gasteiger partial charge < -0.3 is 15.3 Å². The molecule has 0 saturated carbocycles. The van der Waals surface area contributed by atoms with Crippen LogP contribution in [-0.2, 0) is 0 Å². The summed E-state index contributed by atoms with van der Waals surface area (Å²) in [5, 5.41) is 16.6. The number of pyridine rings is 2. The number of phenols is 1. The topological polar surface area (TPSA) is 64.5 Å². The number of phenolic OH excluding ortho intramolecular Hbond substituents is 1. The van der Waals surface area contributed by atoms with Gasteiger partial charge in [0.25, 0.3) is 0 Å². The van der Waals surface area contributed by atoms with Gasteiger partial charge in [-0.3, -0.25) is 9.88 Å². The highest BCUT2D eigenvalue weighted by molar-refractivity contribution is 6.04. The number of anilines is 1. The number of benzene rings is 2. The van der Waals surface area contributed by atoms with Crippen molar-refractivity contribution in [1.82, 2.24) is 20.2 Å². The van der Waals surface area contributed by atoms with Crippen LogP contribution in [0.3, 0.4) is 0 Å². The van der Waals surface area contributed by atoms with E-state index < -0.39 is 5.82 Å². The number of rotatable bonds is 3. The Morgan fingerprint density at radius 1 is 1.10 bits per heavy atom. The molecular formula is C35H34FN5O. The van der Waals surface area contributed by atoms with Gasteiger partial charge in [-0.25, -0.2) is 9.37 Å². The van der Waals surface area contributed by atoms with Gasteiger partial charge >= 0.3 is 0 Å². The molecule has 2 aromatic heterocycles. The highest BCUT2D eigenvalue weighted by Gasteiger charge is 2.43. The molecule has 2 atom stereocenters. The highest BCUT2D eigenvalue weighted by atomic mass is 19.1. The summed E-state index contributed by atoms with van der Waals surface area (Å²) in [6.45, 7) is 7.89. The summed E-state index contributed by atoms with van der Waals surface area (Å²) in [5.74, 6) is 6.59. The minimum atomic E-state index is -0.497. The lowest BCUT2D eigenvalue weighted by Crippen LogP contribution is -2.51. The molecule has 4 fully saturated rings. The molecular weight excluding hydrogens is 525 g/mol. The van der Waals surface area contributed by atoms with Gasteiger partial charge in [0.05, 0.1) is 11.2 Å². The first kappa shape index (κ1) is 25.7. The first-order valence-corrected chi connectivity index (χ1v) is 15.2. The molecule has 6 nitrogen and oxygen atoms in total. The predicted molar refractivity (Wildman–Crippen MR) is 166 cm³/mol. The van der Waals surface area contributed by atoms with Gasteiger partial charge in [-0.15, -0.1) is 0 Å². The van der Waals surface area contributed by atoms with Gasteiger partial charge in [0.1, 0.15) is 22.7 Å². The van der Waals surface area contributed by atoms with Crippen molar-refractivity contribution in [1.29, 1.82) is 0 Å². The van der Waals surface area contributed by atoms with Crippen LogP contribution in [0.5, 0.6) is 5.75 Å². The molecule has 0 spiro atoms. The fourth-order valence-corrected chi connectivity index (χ4v) is 7.93. The smallest absolute Gasteiger partial charge is 0.175 e. The molecule has 4 aliphatic rings. The van der Waals surface area contributed by atoms with Crippen molar-refractivity contribution < 1.29 is 9.50 Å². The van der Waals surface area contributed by atoms with E-state index in [1.807, 2.05) is 24.3 Å². The summed E-state index contributed by atoms with van der Waals surface area (Å²) in [6.07, 6.45) is 10.3. The van der Waals surface area contributed by atoms with E-state index in [0.717, 1.165) is 73.9 Å². The van der Waals surface area contributed by atoms with Crippen LogP contribution in [0, 0.1) is 17.7 Å². The lowest BCUT2D eigenvalue weighted by molar-refractivity contribution is 0.261. The maximum Gasteiger partial charge on any atom is 0.175 e. The van der Waals surface area contributed by atoms with Crippen LogP contribution in [0.1, 0.15) is 49.8 Å². The maximum atomic E-state index is 16.8. The van der Waals surface area contributed by atoms with E-state index >= 15 is 4.39 Å². The van der Waals surface area contributed by atoms with Crippen LogP contribution in [0.4, 0.5) is 10.1 Å². The molecule has 0 aliphatic carbocycles. The van der Waals surface area contributed by atoms with Crippen molar-refractivity contribution in [3.8, 4) is 28.8 Å². The third-order valence-electron chi connectivity index (χ3n) is 9.87. The van der Waals surface area contributed by atoms with E-state index in [4.69, 9.17) is 4.98 Å².